The molecule has 1 fully saturated rings. The fourth-order valence-electron chi connectivity index (χ4n) is 5.22. The maximum absolute atomic E-state index is 6.67. The second-order valence-corrected chi connectivity index (χ2v) is 10.4. The van der Waals surface area contributed by atoms with Crippen molar-refractivity contribution < 1.29 is 13.7 Å². The van der Waals surface area contributed by atoms with Gasteiger partial charge in [0.2, 0.25) is 0 Å². The van der Waals surface area contributed by atoms with Gasteiger partial charge < -0.3 is 13.7 Å². The Labute approximate surface area is 183 Å². The minimum atomic E-state index is -0.453. The molecule has 2 heterocycles. The summed E-state index contributed by atoms with van der Waals surface area (Å²) in [6.45, 7) is 12.9. The number of hydrogen-bond acceptors (Lipinski definition) is 3. The van der Waals surface area contributed by atoms with Gasteiger partial charge in [-0.05, 0) is 44.4 Å². The fourth-order valence-corrected chi connectivity index (χ4v) is 5.22. The quantitative estimate of drug-likeness (QED) is 0.351. The van der Waals surface area contributed by atoms with Gasteiger partial charge in [-0.25, -0.2) is 0 Å². The number of para-hydroxylation sites is 1. The standard InChI is InChI=1S/C27H27BO3/c1-25(2)19-12-8-7-10-18(19)22-20(25)15-14-17-16-11-9-13-21(23(16)29-24(17)22)28-30-26(3,4)27(5,6)31-28/h7-15H,1-6H3. The summed E-state index contributed by atoms with van der Waals surface area (Å²) in [5, 5.41) is 2.24. The fraction of sp³-hybridized carbons (Fsp3) is 0.333. The number of hydrogen-bond donors (Lipinski definition) is 0. The zero-order valence-corrected chi connectivity index (χ0v) is 19.0. The molecular formula is C27H27BO3. The van der Waals surface area contributed by atoms with E-state index in [0.29, 0.717) is 0 Å². The molecule has 156 valence electrons. The van der Waals surface area contributed by atoms with Crippen molar-refractivity contribution in [3.63, 3.8) is 0 Å². The molecule has 31 heavy (non-hydrogen) atoms. The summed E-state index contributed by atoms with van der Waals surface area (Å²) in [6.07, 6.45) is 0. The molecule has 0 atom stereocenters. The number of benzene rings is 3. The van der Waals surface area contributed by atoms with Crippen LogP contribution in [0, 0.1) is 0 Å². The van der Waals surface area contributed by atoms with Gasteiger partial charge in [0.05, 0.1) is 11.2 Å². The van der Waals surface area contributed by atoms with E-state index in [1.165, 1.54) is 22.3 Å². The van der Waals surface area contributed by atoms with Crippen LogP contribution in [0.2, 0.25) is 0 Å². The SMILES string of the molecule is CC1(C)c2ccccc2-c2c1ccc1c2oc2c(B3OC(C)(C)C(C)(C)O3)cccc21. The molecule has 0 unspecified atom stereocenters. The second-order valence-electron chi connectivity index (χ2n) is 10.4. The highest BCUT2D eigenvalue weighted by Crippen LogP contribution is 2.52. The molecule has 2 aliphatic rings. The van der Waals surface area contributed by atoms with Gasteiger partial charge in [-0.1, -0.05) is 68.4 Å². The minimum absolute atomic E-state index is 0.0480. The molecule has 3 nitrogen and oxygen atoms in total. The molecule has 4 heteroatoms. The number of rotatable bonds is 1. The summed E-state index contributed by atoms with van der Waals surface area (Å²) in [6, 6.07) is 19.4. The molecule has 0 radical (unpaired) electrons. The predicted molar refractivity (Wildman–Crippen MR) is 127 cm³/mol. The summed E-state index contributed by atoms with van der Waals surface area (Å²) < 4.78 is 19.4. The van der Waals surface area contributed by atoms with Crippen LogP contribution < -0.4 is 5.46 Å². The van der Waals surface area contributed by atoms with Crippen molar-refractivity contribution in [2.75, 3.05) is 0 Å². The summed E-state index contributed by atoms with van der Waals surface area (Å²) in [5.41, 5.74) is 7.08. The summed E-state index contributed by atoms with van der Waals surface area (Å²) >= 11 is 0. The smallest absolute Gasteiger partial charge is 0.456 e. The minimum Gasteiger partial charge on any atom is -0.456 e. The van der Waals surface area contributed by atoms with Gasteiger partial charge in [0, 0.05) is 27.2 Å². The molecule has 0 N–H and O–H groups in total. The first-order chi connectivity index (χ1) is 14.6. The second kappa shape index (κ2) is 5.82. The molecule has 6 rings (SSSR count). The third-order valence-corrected chi connectivity index (χ3v) is 7.75. The van der Waals surface area contributed by atoms with Crippen molar-refractivity contribution in [1.29, 1.82) is 0 Å². The molecule has 1 aliphatic carbocycles. The predicted octanol–water partition coefficient (Wildman–Crippen LogP) is 6.19. The normalized spacial score (nSPS) is 20.4. The maximum atomic E-state index is 6.67. The third kappa shape index (κ3) is 2.38. The molecule has 3 aromatic carbocycles. The van der Waals surface area contributed by atoms with Gasteiger partial charge in [-0.3, -0.25) is 0 Å². The topological polar surface area (TPSA) is 31.6 Å². The van der Waals surface area contributed by atoms with Crippen LogP contribution in [0.25, 0.3) is 33.1 Å². The van der Waals surface area contributed by atoms with E-state index in [9.17, 15) is 0 Å². The van der Waals surface area contributed by atoms with Crippen molar-refractivity contribution in [2.45, 2.75) is 58.2 Å². The van der Waals surface area contributed by atoms with Crippen molar-refractivity contribution in [3.8, 4) is 11.1 Å². The highest BCUT2D eigenvalue weighted by molar-refractivity contribution is 6.65. The van der Waals surface area contributed by atoms with E-state index in [1.54, 1.807) is 0 Å². The van der Waals surface area contributed by atoms with Gasteiger partial charge in [-0.15, -0.1) is 0 Å². The summed E-state index contributed by atoms with van der Waals surface area (Å²) in [7, 11) is -0.453. The Morgan fingerprint density at radius 1 is 0.645 bits per heavy atom. The highest BCUT2D eigenvalue weighted by Gasteiger charge is 2.52. The Morgan fingerprint density at radius 3 is 2.06 bits per heavy atom. The molecular weight excluding hydrogens is 383 g/mol. The number of furan rings is 1. The van der Waals surface area contributed by atoms with Crippen molar-refractivity contribution in [1.82, 2.24) is 0 Å². The molecule has 1 aliphatic heterocycles. The highest BCUT2D eigenvalue weighted by atomic mass is 16.7. The summed E-state index contributed by atoms with van der Waals surface area (Å²) in [5.74, 6) is 0. The van der Waals surface area contributed by atoms with Crippen LogP contribution in [0.1, 0.15) is 52.7 Å². The molecule has 0 saturated carbocycles. The first kappa shape index (κ1) is 19.2. The molecule has 0 bridgehead atoms. The molecule has 0 spiro atoms. The molecule has 1 aromatic heterocycles. The van der Waals surface area contributed by atoms with Crippen LogP contribution in [-0.2, 0) is 14.7 Å². The van der Waals surface area contributed by atoms with Crippen molar-refractivity contribution in [2.24, 2.45) is 0 Å². The van der Waals surface area contributed by atoms with E-state index in [2.05, 4.69) is 96.1 Å². The maximum Gasteiger partial charge on any atom is 0.498 e. The lowest BCUT2D eigenvalue weighted by Gasteiger charge is -2.32. The van der Waals surface area contributed by atoms with Gasteiger partial charge in [0.25, 0.3) is 0 Å². The monoisotopic (exact) mass is 410 g/mol. The Morgan fingerprint density at radius 2 is 1.32 bits per heavy atom. The van der Waals surface area contributed by atoms with Gasteiger partial charge in [0.1, 0.15) is 11.2 Å². The first-order valence-electron chi connectivity index (χ1n) is 11.1. The average Bonchev–Trinajstić information content (AvgIpc) is 3.28. The average molecular weight is 410 g/mol. The zero-order valence-electron chi connectivity index (χ0n) is 19.0. The van der Waals surface area contributed by atoms with Crippen LogP contribution in [0.4, 0.5) is 0 Å². The van der Waals surface area contributed by atoms with Gasteiger partial charge in [-0.2, -0.15) is 0 Å². The summed E-state index contributed by atoms with van der Waals surface area (Å²) in [4.78, 5) is 0. The van der Waals surface area contributed by atoms with Crippen LogP contribution in [0.5, 0.6) is 0 Å². The zero-order chi connectivity index (χ0) is 21.8. The lowest BCUT2D eigenvalue weighted by atomic mass is 9.78. The first-order valence-corrected chi connectivity index (χ1v) is 11.1. The van der Waals surface area contributed by atoms with Crippen molar-refractivity contribution in [3.05, 3.63) is 65.7 Å². The van der Waals surface area contributed by atoms with Gasteiger partial charge >= 0.3 is 7.12 Å². The molecule has 0 amide bonds. The van der Waals surface area contributed by atoms with Crippen molar-refractivity contribution >= 4 is 34.5 Å². The molecule has 4 aromatic rings. The number of fused-ring (bicyclic) bond motifs is 7. The third-order valence-electron chi connectivity index (χ3n) is 7.75. The van der Waals surface area contributed by atoms with Crippen LogP contribution in [0.15, 0.2) is 59.0 Å². The van der Waals surface area contributed by atoms with Crippen LogP contribution in [0.3, 0.4) is 0 Å². The van der Waals surface area contributed by atoms with E-state index in [1.807, 2.05) is 0 Å². The Bertz CT molecular complexity index is 1360. The van der Waals surface area contributed by atoms with E-state index in [-0.39, 0.29) is 5.41 Å². The lowest BCUT2D eigenvalue weighted by molar-refractivity contribution is 0.00578. The lowest BCUT2D eigenvalue weighted by Crippen LogP contribution is -2.41. The molecule has 1 saturated heterocycles. The van der Waals surface area contributed by atoms with Crippen LogP contribution >= 0.6 is 0 Å². The van der Waals surface area contributed by atoms with E-state index < -0.39 is 18.3 Å². The van der Waals surface area contributed by atoms with E-state index in [0.717, 1.165) is 27.4 Å². The Kier molecular flexibility index (Phi) is 3.59. The van der Waals surface area contributed by atoms with E-state index >= 15 is 0 Å². The van der Waals surface area contributed by atoms with Crippen LogP contribution in [-0.4, -0.2) is 18.3 Å². The Hall–Kier alpha value is -2.56. The largest absolute Gasteiger partial charge is 0.498 e. The van der Waals surface area contributed by atoms with E-state index in [4.69, 9.17) is 13.7 Å². The van der Waals surface area contributed by atoms with Gasteiger partial charge in [0.15, 0.2) is 0 Å². The Balaban J connectivity index is 1.62.